The Morgan fingerprint density at radius 2 is 2.10 bits per heavy atom. The predicted molar refractivity (Wildman–Crippen MR) is 87.7 cm³/mol. The second kappa shape index (κ2) is 7.92. The van der Waals surface area contributed by atoms with Gasteiger partial charge in [-0.2, -0.15) is 0 Å². The van der Waals surface area contributed by atoms with Crippen molar-refractivity contribution < 1.29 is 9.53 Å². The van der Waals surface area contributed by atoms with Gasteiger partial charge in [0.05, 0.1) is 6.61 Å². The second-order valence-corrected chi connectivity index (χ2v) is 6.25. The normalized spacial score (nSPS) is 16.8. The minimum absolute atomic E-state index is 0.141. The summed E-state index contributed by atoms with van der Waals surface area (Å²) >= 11 is 3.50. The van der Waals surface area contributed by atoms with Crippen LogP contribution in [0.5, 0.6) is 0 Å². The molecule has 0 radical (unpaired) electrons. The summed E-state index contributed by atoms with van der Waals surface area (Å²) in [6, 6.07) is 5.81. The molecule has 0 aliphatic carbocycles. The minimum atomic E-state index is 0.141. The number of nitrogens with zero attached hydrogens (tertiary/aromatic N) is 2. The second-order valence-electron chi connectivity index (χ2n) is 5.39. The first kappa shape index (κ1) is 16.5. The van der Waals surface area contributed by atoms with Gasteiger partial charge >= 0.3 is 0 Å². The SMILES string of the molecule is COCCN1CCCN(C(=O)c2cccc(Br)c2C)CC1. The molecule has 0 saturated carbocycles. The zero-order chi connectivity index (χ0) is 15.2. The van der Waals surface area contributed by atoms with Crippen molar-refractivity contribution in [2.24, 2.45) is 0 Å². The van der Waals surface area contributed by atoms with Crippen LogP contribution in [0, 0.1) is 6.92 Å². The van der Waals surface area contributed by atoms with E-state index in [2.05, 4.69) is 20.8 Å². The first-order valence-corrected chi connectivity index (χ1v) is 8.18. The van der Waals surface area contributed by atoms with Gasteiger partial charge in [0.25, 0.3) is 5.91 Å². The molecule has 5 heteroatoms. The number of ether oxygens (including phenoxy) is 1. The fourth-order valence-electron chi connectivity index (χ4n) is 2.63. The molecule has 21 heavy (non-hydrogen) atoms. The van der Waals surface area contributed by atoms with Crippen LogP contribution in [-0.4, -0.2) is 62.1 Å². The Labute approximate surface area is 135 Å². The Balaban J connectivity index is 2.01. The molecule has 0 unspecified atom stereocenters. The molecule has 1 amide bonds. The van der Waals surface area contributed by atoms with E-state index in [1.807, 2.05) is 30.0 Å². The number of benzene rings is 1. The summed E-state index contributed by atoms with van der Waals surface area (Å²) in [6.07, 6.45) is 1.02. The van der Waals surface area contributed by atoms with Gasteiger partial charge < -0.3 is 9.64 Å². The third-order valence-electron chi connectivity index (χ3n) is 3.99. The van der Waals surface area contributed by atoms with Gasteiger partial charge in [-0.1, -0.05) is 22.0 Å². The van der Waals surface area contributed by atoms with Crippen molar-refractivity contribution in [2.45, 2.75) is 13.3 Å². The van der Waals surface area contributed by atoms with Gasteiger partial charge in [0, 0.05) is 43.3 Å². The quantitative estimate of drug-likeness (QED) is 0.832. The third-order valence-corrected chi connectivity index (χ3v) is 4.84. The Kier molecular flexibility index (Phi) is 6.21. The maximum absolute atomic E-state index is 12.7. The minimum Gasteiger partial charge on any atom is -0.383 e. The van der Waals surface area contributed by atoms with E-state index in [0.717, 1.165) is 61.4 Å². The number of carbonyl (C=O) groups excluding carboxylic acids is 1. The molecule has 1 aromatic carbocycles. The molecule has 0 spiro atoms. The Morgan fingerprint density at radius 1 is 1.29 bits per heavy atom. The van der Waals surface area contributed by atoms with E-state index in [-0.39, 0.29) is 5.91 Å². The van der Waals surface area contributed by atoms with Gasteiger partial charge in [-0.3, -0.25) is 9.69 Å². The van der Waals surface area contributed by atoms with Gasteiger partial charge in [-0.25, -0.2) is 0 Å². The maximum atomic E-state index is 12.7. The van der Waals surface area contributed by atoms with Gasteiger partial charge in [-0.05, 0) is 37.6 Å². The number of rotatable bonds is 4. The maximum Gasteiger partial charge on any atom is 0.254 e. The highest BCUT2D eigenvalue weighted by Gasteiger charge is 2.21. The van der Waals surface area contributed by atoms with Gasteiger partial charge in [0.2, 0.25) is 0 Å². The van der Waals surface area contributed by atoms with Crippen LogP contribution in [0.2, 0.25) is 0 Å². The van der Waals surface area contributed by atoms with E-state index in [0.29, 0.717) is 0 Å². The summed E-state index contributed by atoms with van der Waals surface area (Å²) in [4.78, 5) is 17.0. The molecule has 2 rings (SSSR count). The van der Waals surface area contributed by atoms with E-state index in [1.54, 1.807) is 7.11 Å². The third kappa shape index (κ3) is 4.28. The summed E-state index contributed by atoms with van der Waals surface area (Å²) in [5, 5.41) is 0. The highest BCUT2D eigenvalue weighted by molar-refractivity contribution is 9.10. The van der Waals surface area contributed by atoms with Crippen LogP contribution in [0.15, 0.2) is 22.7 Å². The molecule has 1 aliphatic rings. The largest absolute Gasteiger partial charge is 0.383 e. The number of hydrogen-bond donors (Lipinski definition) is 0. The number of carbonyl (C=O) groups is 1. The predicted octanol–water partition coefficient (Wildman–Crippen LogP) is 2.55. The first-order valence-electron chi connectivity index (χ1n) is 7.39. The van der Waals surface area contributed by atoms with Crippen LogP contribution >= 0.6 is 15.9 Å². The summed E-state index contributed by atoms with van der Waals surface area (Å²) < 4.78 is 6.12. The van der Waals surface area contributed by atoms with Gasteiger partial charge in [0.15, 0.2) is 0 Å². The molecule has 1 saturated heterocycles. The fraction of sp³-hybridized carbons (Fsp3) is 0.562. The van der Waals surface area contributed by atoms with Crippen molar-refractivity contribution in [3.05, 3.63) is 33.8 Å². The van der Waals surface area contributed by atoms with Crippen molar-refractivity contribution in [3.8, 4) is 0 Å². The molecule has 116 valence electrons. The first-order chi connectivity index (χ1) is 10.1. The van der Waals surface area contributed by atoms with Gasteiger partial charge in [0.1, 0.15) is 0 Å². The smallest absolute Gasteiger partial charge is 0.254 e. The summed E-state index contributed by atoms with van der Waals surface area (Å²) in [5.41, 5.74) is 1.82. The number of amides is 1. The average Bonchev–Trinajstić information content (AvgIpc) is 2.73. The van der Waals surface area contributed by atoms with E-state index >= 15 is 0 Å². The summed E-state index contributed by atoms with van der Waals surface area (Å²) in [6.45, 7) is 7.24. The lowest BCUT2D eigenvalue weighted by Crippen LogP contribution is -2.36. The van der Waals surface area contributed by atoms with Crippen LogP contribution in [-0.2, 0) is 4.74 Å². The Bertz CT molecular complexity index is 493. The van der Waals surface area contributed by atoms with E-state index < -0.39 is 0 Å². The highest BCUT2D eigenvalue weighted by atomic mass is 79.9. The summed E-state index contributed by atoms with van der Waals surface area (Å²) in [7, 11) is 1.73. The van der Waals surface area contributed by atoms with Crippen molar-refractivity contribution in [2.75, 3.05) is 46.4 Å². The van der Waals surface area contributed by atoms with Crippen LogP contribution in [0.1, 0.15) is 22.3 Å². The lowest BCUT2D eigenvalue weighted by Gasteiger charge is -2.22. The molecule has 0 N–H and O–H groups in total. The number of methoxy groups -OCH3 is 1. The molecular formula is C16H23BrN2O2. The average molecular weight is 355 g/mol. The molecule has 1 aromatic rings. The lowest BCUT2D eigenvalue weighted by molar-refractivity contribution is 0.0758. The van der Waals surface area contributed by atoms with Crippen molar-refractivity contribution in [1.82, 2.24) is 9.80 Å². The molecule has 0 bridgehead atoms. The zero-order valence-electron chi connectivity index (χ0n) is 12.8. The molecule has 0 atom stereocenters. The van der Waals surface area contributed by atoms with Crippen molar-refractivity contribution >= 4 is 21.8 Å². The Hall–Kier alpha value is -0.910. The monoisotopic (exact) mass is 354 g/mol. The summed E-state index contributed by atoms with van der Waals surface area (Å²) in [5.74, 6) is 0.141. The fourth-order valence-corrected chi connectivity index (χ4v) is 2.99. The Morgan fingerprint density at radius 3 is 2.86 bits per heavy atom. The topological polar surface area (TPSA) is 32.8 Å². The zero-order valence-corrected chi connectivity index (χ0v) is 14.4. The molecular weight excluding hydrogens is 332 g/mol. The molecule has 4 nitrogen and oxygen atoms in total. The van der Waals surface area contributed by atoms with Crippen LogP contribution < -0.4 is 0 Å². The molecule has 1 fully saturated rings. The van der Waals surface area contributed by atoms with Crippen molar-refractivity contribution in [1.29, 1.82) is 0 Å². The van der Waals surface area contributed by atoms with E-state index in [4.69, 9.17) is 4.74 Å². The van der Waals surface area contributed by atoms with E-state index in [9.17, 15) is 4.79 Å². The van der Waals surface area contributed by atoms with E-state index in [1.165, 1.54) is 0 Å². The number of hydrogen-bond acceptors (Lipinski definition) is 3. The molecule has 1 aliphatic heterocycles. The molecule has 1 heterocycles. The molecule has 0 aromatic heterocycles. The van der Waals surface area contributed by atoms with Crippen molar-refractivity contribution in [3.63, 3.8) is 0 Å². The van der Waals surface area contributed by atoms with Crippen LogP contribution in [0.3, 0.4) is 0 Å². The highest BCUT2D eigenvalue weighted by Crippen LogP contribution is 2.21. The van der Waals surface area contributed by atoms with Gasteiger partial charge in [-0.15, -0.1) is 0 Å². The lowest BCUT2D eigenvalue weighted by atomic mass is 10.1. The van der Waals surface area contributed by atoms with Crippen LogP contribution in [0.4, 0.5) is 0 Å². The standard InChI is InChI=1S/C16H23BrN2O2/c1-13-14(5-3-6-15(13)17)16(20)19-8-4-7-18(9-10-19)11-12-21-2/h3,5-6H,4,7-12H2,1-2H3. The van der Waals surface area contributed by atoms with Crippen LogP contribution in [0.25, 0.3) is 0 Å². The number of halogens is 1.